The second-order valence-electron chi connectivity index (χ2n) is 10.9. The fraction of sp³-hybridized carbons (Fsp3) is 0.920. The first-order valence-corrected chi connectivity index (χ1v) is 11.8. The van der Waals surface area contributed by atoms with Crippen LogP contribution < -0.4 is 0 Å². The Balaban J connectivity index is 4.86. The third kappa shape index (κ3) is 8.30. The fourth-order valence-electron chi connectivity index (χ4n) is 5.48. The van der Waals surface area contributed by atoms with Crippen molar-refractivity contribution in [3.8, 4) is 0 Å². The Hall–Kier alpha value is -1.06. The van der Waals surface area contributed by atoms with Gasteiger partial charge in [-0.15, -0.1) is 0 Å². The van der Waals surface area contributed by atoms with Gasteiger partial charge in [0, 0.05) is 5.41 Å². The van der Waals surface area contributed by atoms with Crippen molar-refractivity contribution in [3.63, 3.8) is 0 Å². The van der Waals surface area contributed by atoms with Crippen molar-refractivity contribution in [2.24, 2.45) is 22.2 Å². The molecule has 0 heterocycles. The Bertz CT molecular complexity index is 454. The number of rotatable bonds is 15. The minimum Gasteiger partial charge on any atom is -0.481 e. The lowest BCUT2D eigenvalue weighted by Gasteiger charge is -2.56. The van der Waals surface area contributed by atoms with Gasteiger partial charge in [-0.3, -0.25) is 9.59 Å². The molecule has 0 amide bonds. The van der Waals surface area contributed by atoms with E-state index in [-0.39, 0.29) is 0 Å². The van der Waals surface area contributed by atoms with Crippen LogP contribution in [0.25, 0.3) is 0 Å². The molecule has 0 bridgehead atoms. The van der Waals surface area contributed by atoms with Gasteiger partial charge in [-0.05, 0) is 17.3 Å². The number of carboxylic acids is 2. The fourth-order valence-corrected chi connectivity index (χ4v) is 5.48. The van der Waals surface area contributed by atoms with Crippen LogP contribution >= 0.6 is 0 Å². The van der Waals surface area contributed by atoms with Crippen molar-refractivity contribution in [1.82, 2.24) is 0 Å². The molecular formula is C25H48O4. The average molecular weight is 413 g/mol. The molecule has 0 saturated carbocycles. The first-order chi connectivity index (χ1) is 13.3. The first kappa shape index (κ1) is 27.9. The highest BCUT2D eigenvalue weighted by Gasteiger charge is 2.60. The standard InChI is InChI=1S/C25H48O4/c1-8-9-10-11-12-13-14-15-16-17-18-19-25(23(2,3)4,24(5,6)7)20(21(26)27)22(28)29/h20H,8-19H2,1-7H3,(H,26,27)(H,28,29). The van der Waals surface area contributed by atoms with Crippen LogP contribution in [0.3, 0.4) is 0 Å². The van der Waals surface area contributed by atoms with Crippen molar-refractivity contribution in [2.75, 3.05) is 0 Å². The van der Waals surface area contributed by atoms with Gasteiger partial charge in [-0.1, -0.05) is 119 Å². The van der Waals surface area contributed by atoms with Crippen molar-refractivity contribution in [3.05, 3.63) is 0 Å². The smallest absolute Gasteiger partial charge is 0.318 e. The molecule has 0 atom stereocenters. The molecule has 2 N–H and O–H groups in total. The van der Waals surface area contributed by atoms with E-state index in [4.69, 9.17) is 0 Å². The molecule has 0 unspecified atom stereocenters. The van der Waals surface area contributed by atoms with E-state index in [2.05, 4.69) is 6.92 Å². The van der Waals surface area contributed by atoms with E-state index in [0.717, 1.165) is 19.3 Å². The van der Waals surface area contributed by atoms with Crippen molar-refractivity contribution in [1.29, 1.82) is 0 Å². The molecule has 29 heavy (non-hydrogen) atoms. The van der Waals surface area contributed by atoms with Gasteiger partial charge >= 0.3 is 11.9 Å². The van der Waals surface area contributed by atoms with Crippen LogP contribution in [-0.4, -0.2) is 22.2 Å². The Kier molecular flexibility index (Phi) is 12.1. The molecule has 0 aromatic carbocycles. The molecule has 172 valence electrons. The summed E-state index contributed by atoms with van der Waals surface area (Å²) in [7, 11) is 0. The van der Waals surface area contributed by atoms with E-state index in [1.165, 1.54) is 51.4 Å². The zero-order valence-corrected chi connectivity index (χ0v) is 20.3. The van der Waals surface area contributed by atoms with E-state index in [1.807, 2.05) is 41.5 Å². The predicted octanol–water partition coefficient (Wildman–Crippen LogP) is 7.55. The molecule has 0 spiro atoms. The van der Waals surface area contributed by atoms with Crippen LogP contribution in [0.5, 0.6) is 0 Å². The minimum absolute atomic E-state index is 0.439. The molecular weight excluding hydrogens is 364 g/mol. The molecule has 0 fully saturated rings. The Labute approximate surface area is 179 Å². The van der Waals surface area contributed by atoms with Crippen LogP contribution in [0.1, 0.15) is 126 Å². The maximum absolute atomic E-state index is 12.0. The second-order valence-corrected chi connectivity index (χ2v) is 10.9. The number of carbonyl (C=O) groups is 2. The topological polar surface area (TPSA) is 74.6 Å². The van der Waals surface area contributed by atoms with E-state index in [9.17, 15) is 19.8 Å². The molecule has 0 rings (SSSR count). The van der Waals surface area contributed by atoms with E-state index >= 15 is 0 Å². The van der Waals surface area contributed by atoms with E-state index in [1.54, 1.807) is 0 Å². The van der Waals surface area contributed by atoms with Crippen LogP contribution in [-0.2, 0) is 9.59 Å². The largest absolute Gasteiger partial charge is 0.481 e. The number of aliphatic carboxylic acids is 2. The van der Waals surface area contributed by atoms with Crippen LogP contribution in [0.4, 0.5) is 0 Å². The minimum atomic E-state index is -1.40. The van der Waals surface area contributed by atoms with Gasteiger partial charge in [-0.25, -0.2) is 0 Å². The van der Waals surface area contributed by atoms with Crippen molar-refractivity contribution in [2.45, 2.75) is 126 Å². The number of hydrogen-bond donors (Lipinski definition) is 2. The highest BCUT2D eigenvalue weighted by molar-refractivity contribution is 5.94. The average Bonchev–Trinajstić information content (AvgIpc) is 2.55. The maximum Gasteiger partial charge on any atom is 0.318 e. The van der Waals surface area contributed by atoms with Gasteiger partial charge in [0.2, 0.25) is 0 Å². The zero-order valence-electron chi connectivity index (χ0n) is 20.3. The maximum atomic E-state index is 12.0. The molecule has 0 radical (unpaired) electrons. The summed E-state index contributed by atoms with van der Waals surface area (Å²) in [5, 5.41) is 19.6. The van der Waals surface area contributed by atoms with Crippen LogP contribution in [0, 0.1) is 22.2 Å². The van der Waals surface area contributed by atoms with Gasteiger partial charge in [0.25, 0.3) is 0 Å². The quantitative estimate of drug-likeness (QED) is 0.215. The summed E-state index contributed by atoms with van der Waals surface area (Å²) >= 11 is 0. The lowest BCUT2D eigenvalue weighted by atomic mass is 9.47. The molecule has 4 heteroatoms. The molecule has 0 aliphatic carbocycles. The molecule has 0 aliphatic rings. The summed E-state index contributed by atoms with van der Waals surface area (Å²) in [6.45, 7) is 14.2. The zero-order chi connectivity index (χ0) is 22.7. The van der Waals surface area contributed by atoms with Gasteiger partial charge in [0.15, 0.2) is 5.92 Å². The summed E-state index contributed by atoms with van der Waals surface area (Å²) in [5.41, 5.74) is -1.70. The Morgan fingerprint density at radius 1 is 0.621 bits per heavy atom. The summed E-state index contributed by atoms with van der Waals surface area (Å²) in [6.07, 6.45) is 14.1. The first-order valence-electron chi connectivity index (χ1n) is 11.8. The van der Waals surface area contributed by atoms with Gasteiger partial charge in [-0.2, -0.15) is 0 Å². The monoisotopic (exact) mass is 412 g/mol. The summed E-state index contributed by atoms with van der Waals surface area (Å²) < 4.78 is 0. The molecule has 0 aliphatic heterocycles. The molecule has 4 nitrogen and oxygen atoms in total. The molecule has 0 saturated heterocycles. The predicted molar refractivity (Wildman–Crippen MR) is 121 cm³/mol. The van der Waals surface area contributed by atoms with Gasteiger partial charge in [0.1, 0.15) is 0 Å². The lowest BCUT2D eigenvalue weighted by Crippen LogP contribution is -2.56. The SMILES string of the molecule is CCCCCCCCCCCCCC(C(C(=O)O)C(=O)O)(C(C)(C)C)C(C)(C)C. The molecule has 0 aromatic heterocycles. The highest BCUT2D eigenvalue weighted by Crippen LogP contribution is 2.59. The summed E-state index contributed by atoms with van der Waals surface area (Å²) in [5.74, 6) is -3.83. The Morgan fingerprint density at radius 3 is 1.21 bits per heavy atom. The summed E-state index contributed by atoms with van der Waals surface area (Å²) in [4.78, 5) is 24.0. The normalized spacial score (nSPS) is 13.1. The van der Waals surface area contributed by atoms with Crippen molar-refractivity contribution >= 4 is 11.9 Å². The summed E-state index contributed by atoms with van der Waals surface area (Å²) in [6, 6.07) is 0. The number of hydrogen-bond acceptors (Lipinski definition) is 2. The Morgan fingerprint density at radius 2 is 0.931 bits per heavy atom. The van der Waals surface area contributed by atoms with E-state index < -0.39 is 34.1 Å². The van der Waals surface area contributed by atoms with E-state index in [0.29, 0.717) is 6.42 Å². The number of unbranched alkanes of at least 4 members (excludes halogenated alkanes) is 10. The lowest BCUT2D eigenvalue weighted by molar-refractivity contribution is -0.179. The van der Waals surface area contributed by atoms with Crippen LogP contribution in [0.15, 0.2) is 0 Å². The third-order valence-electron chi connectivity index (χ3n) is 6.84. The van der Waals surface area contributed by atoms with Gasteiger partial charge < -0.3 is 10.2 Å². The van der Waals surface area contributed by atoms with Gasteiger partial charge in [0.05, 0.1) is 0 Å². The van der Waals surface area contributed by atoms with Crippen LogP contribution in [0.2, 0.25) is 0 Å². The number of carboxylic acid groups (broad SMARTS) is 2. The highest BCUT2D eigenvalue weighted by atomic mass is 16.4. The van der Waals surface area contributed by atoms with Crippen molar-refractivity contribution < 1.29 is 19.8 Å². The second kappa shape index (κ2) is 12.6. The third-order valence-corrected chi connectivity index (χ3v) is 6.84. The molecule has 0 aromatic rings.